The summed E-state index contributed by atoms with van der Waals surface area (Å²) in [5, 5.41) is 2.04. The molecule has 1 aliphatic heterocycles. The molecule has 0 aromatic carbocycles. The standard InChI is InChI=1S/C19H22N4O4S/c24-16-3-5-23(19(27)20-16)6-4-17(25)21-7-9-22(10-8-21)18(26)14-12-13(14)15-2-1-11-28-15/h1-3,5,11,13-14H,4,6-10,12H2,(H,20,24,27)/t13-,14-/m0/s1. The zero-order valence-electron chi connectivity index (χ0n) is 15.4. The van der Waals surface area contributed by atoms with Gasteiger partial charge in [0.2, 0.25) is 11.8 Å². The van der Waals surface area contributed by atoms with E-state index in [2.05, 4.69) is 11.1 Å². The molecule has 0 spiro atoms. The number of hydrogen-bond acceptors (Lipinski definition) is 5. The minimum absolute atomic E-state index is 0.0481. The smallest absolute Gasteiger partial charge is 0.328 e. The van der Waals surface area contributed by atoms with Gasteiger partial charge in [-0.2, -0.15) is 0 Å². The molecule has 3 heterocycles. The van der Waals surface area contributed by atoms with Crippen molar-refractivity contribution >= 4 is 23.2 Å². The Hall–Kier alpha value is -2.68. The van der Waals surface area contributed by atoms with E-state index in [0.717, 1.165) is 6.42 Å². The molecule has 1 saturated carbocycles. The number of aromatic nitrogens is 2. The molecule has 8 nitrogen and oxygen atoms in total. The Morgan fingerprint density at radius 1 is 1.11 bits per heavy atom. The second kappa shape index (κ2) is 7.75. The van der Waals surface area contributed by atoms with Crippen LogP contribution >= 0.6 is 11.3 Å². The van der Waals surface area contributed by atoms with Crippen molar-refractivity contribution in [3.8, 4) is 0 Å². The van der Waals surface area contributed by atoms with Crippen LogP contribution in [-0.4, -0.2) is 57.3 Å². The van der Waals surface area contributed by atoms with Crippen molar-refractivity contribution < 1.29 is 9.59 Å². The van der Waals surface area contributed by atoms with Crippen LogP contribution < -0.4 is 11.2 Å². The average molecular weight is 402 g/mol. The fourth-order valence-electron chi connectivity index (χ4n) is 3.69. The van der Waals surface area contributed by atoms with Crippen LogP contribution in [0.3, 0.4) is 0 Å². The summed E-state index contributed by atoms with van der Waals surface area (Å²) in [5.74, 6) is 0.606. The van der Waals surface area contributed by atoms with Gasteiger partial charge in [-0.3, -0.25) is 19.4 Å². The molecule has 2 atom stereocenters. The van der Waals surface area contributed by atoms with Crippen LogP contribution in [0.4, 0.5) is 0 Å². The van der Waals surface area contributed by atoms with Gasteiger partial charge in [-0.25, -0.2) is 4.79 Å². The van der Waals surface area contributed by atoms with Crippen molar-refractivity contribution in [1.29, 1.82) is 0 Å². The first-order valence-corrected chi connectivity index (χ1v) is 10.3. The van der Waals surface area contributed by atoms with Crippen molar-refractivity contribution in [2.45, 2.75) is 25.3 Å². The summed E-state index contributed by atoms with van der Waals surface area (Å²) in [4.78, 5) is 54.9. The SMILES string of the molecule is O=C(CCn1ccc(=O)[nH]c1=O)N1CCN(C(=O)[C@H]2C[C@@H]2c2cccs2)CC1. The summed E-state index contributed by atoms with van der Waals surface area (Å²) in [7, 11) is 0. The number of carbonyl (C=O) groups is 2. The maximum atomic E-state index is 12.7. The number of H-pyrrole nitrogens is 1. The Balaban J connectivity index is 1.25. The molecule has 0 bridgehead atoms. The molecular formula is C19H22N4O4S. The molecule has 1 aliphatic carbocycles. The van der Waals surface area contributed by atoms with Gasteiger partial charge in [0, 0.05) is 68.1 Å². The molecule has 9 heteroatoms. The molecule has 1 N–H and O–H groups in total. The minimum atomic E-state index is -0.513. The number of nitrogens with zero attached hydrogens (tertiary/aromatic N) is 3. The molecule has 0 unspecified atom stereocenters. The Morgan fingerprint density at radius 3 is 2.54 bits per heavy atom. The first kappa shape index (κ1) is 18.7. The van der Waals surface area contributed by atoms with Gasteiger partial charge in [0.25, 0.3) is 5.56 Å². The van der Waals surface area contributed by atoms with Crippen molar-refractivity contribution in [3.63, 3.8) is 0 Å². The normalized spacial score (nSPS) is 21.6. The number of thiophene rings is 1. The highest BCUT2D eigenvalue weighted by Gasteiger charge is 2.46. The van der Waals surface area contributed by atoms with E-state index < -0.39 is 11.2 Å². The fourth-order valence-corrected chi connectivity index (χ4v) is 4.60. The maximum absolute atomic E-state index is 12.7. The molecule has 2 aromatic heterocycles. The molecule has 2 aliphatic rings. The number of rotatable bonds is 5. The molecule has 2 fully saturated rings. The van der Waals surface area contributed by atoms with Crippen LogP contribution in [0.1, 0.15) is 23.6 Å². The maximum Gasteiger partial charge on any atom is 0.328 e. The van der Waals surface area contributed by atoms with Gasteiger partial charge in [-0.1, -0.05) is 6.07 Å². The number of aryl methyl sites for hydroxylation is 1. The van der Waals surface area contributed by atoms with Crippen molar-refractivity contribution in [2.24, 2.45) is 5.92 Å². The third-order valence-corrected chi connectivity index (χ3v) is 6.43. The van der Waals surface area contributed by atoms with Crippen molar-refractivity contribution in [1.82, 2.24) is 19.4 Å². The zero-order valence-corrected chi connectivity index (χ0v) is 16.2. The third-order valence-electron chi connectivity index (χ3n) is 5.42. The first-order valence-electron chi connectivity index (χ1n) is 9.42. The minimum Gasteiger partial charge on any atom is -0.339 e. The monoisotopic (exact) mass is 402 g/mol. The lowest BCUT2D eigenvalue weighted by molar-refractivity contribution is -0.140. The topological polar surface area (TPSA) is 95.5 Å². The predicted molar refractivity (Wildman–Crippen MR) is 104 cm³/mol. The van der Waals surface area contributed by atoms with Crippen LogP contribution in [0.2, 0.25) is 0 Å². The Bertz CT molecular complexity index is 972. The first-order chi connectivity index (χ1) is 13.5. The third kappa shape index (κ3) is 3.94. The van der Waals surface area contributed by atoms with Gasteiger partial charge in [0.15, 0.2) is 0 Å². The summed E-state index contributed by atoms with van der Waals surface area (Å²) >= 11 is 1.70. The molecule has 28 heavy (non-hydrogen) atoms. The molecule has 2 amide bonds. The highest BCUT2D eigenvalue weighted by atomic mass is 32.1. The van der Waals surface area contributed by atoms with Gasteiger partial charge >= 0.3 is 5.69 Å². The molecule has 148 valence electrons. The average Bonchev–Trinajstić information content (AvgIpc) is 3.31. The van der Waals surface area contributed by atoms with Crippen LogP contribution in [0.15, 0.2) is 39.4 Å². The molecule has 2 aromatic rings. The van der Waals surface area contributed by atoms with Crippen molar-refractivity contribution in [2.75, 3.05) is 26.2 Å². The summed E-state index contributed by atoms with van der Waals surface area (Å²) < 4.78 is 1.32. The van der Waals surface area contributed by atoms with E-state index >= 15 is 0 Å². The van der Waals surface area contributed by atoms with E-state index in [0.29, 0.717) is 32.1 Å². The van der Waals surface area contributed by atoms with E-state index in [1.54, 1.807) is 16.2 Å². The lowest BCUT2D eigenvalue weighted by atomic mass is 10.2. The quantitative estimate of drug-likeness (QED) is 0.786. The number of nitrogens with one attached hydrogen (secondary N) is 1. The van der Waals surface area contributed by atoms with E-state index in [1.807, 2.05) is 16.3 Å². The predicted octanol–water partition coefficient (Wildman–Crippen LogP) is 0.463. The van der Waals surface area contributed by atoms with Gasteiger partial charge in [-0.15, -0.1) is 11.3 Å². The summed E-state index contributed by atoms with van der Waals surface area (Å²) in [6.45, 7) is 2.36. The zero-order chi connectivity index (χ0) is 19.7. The van der Waals surface area contributed by atoms with Gasteiger partial charge in [0.05, 0.1) is 0 Å². The lowest BCUT2D eigenvalue weighted by Crippen LogP contribution is -2.51. The van der Waals surface area contributed by atoms with E-state index in [9.17, 15) is 19.2 Å². The molecule has 0 radical (unpaired) electrons. The largest absolute Gasteiger partial charge is 0.339 e. The molecule has 4 rings (SSSR count). The molecule has 1 saturated heterocycles. The van der Waals surface area contributed by atoms with Crippen LogP contribution in [-0.2, 0) is 16.1 Å². The number of aromatic amines is 1. The Morgan fingerprint density at radius 2 is 1.86 bits per heavy atom. The summed E-state index contributed by atoms with van der Waals surface area (Å²) in [6, 6.07) is 5.37. The lowest BCUT2D eigenvalue weighted by Gasteiger charge is -2.35. The van der Waals surface area contributed by atoms with Crippen LogP contribution in [0, 0.1) is 5.92 Å². The van der Waals surface area contributed by atoms with E-state index in [4.69, 9.17) is 0 Å². The van der Waals surface area contributed by atoms with Gasteiger partial charge in [0.1, 0.15) is 0 Å². The van der Waals surface area contributed by atoms with Gasteiger partial charge in [-0.05, 0) is 17.9 Å². The van der Waals surface area contributed by atoms with Crippen molar-refractivity contribution in [3.05, 3.63) is 55.5 Å². The number of carbonyl (C=O) groups excluding carboxylic acids is 2. The second-order valence-corrected chi connectivity index (χ2v) is 8.20. The molecular weight excluding hydrogens is 380 g/mol. The highest BCUT2D eigenvalue weighted by Crippen LogP contribution is 2.50. The number of hydrogen-bond donors (Lipinski definition) is 1. The summed E-state index contributed by atoms with van der Waals surface area (Å²) in [6.07, 6.45) is 2.50. The second-order valence-electron chi connectivity index (χ2n) is 7.22. The van der Waals surface area contributed by atoms with E-state index in [1.165, 1.54) is 21.7 Å². The fraction of sp³-hybridized carbons (Fsp3) is 0.474. The number of piperazine rings is 1. The van der Waals surface area contributed by atoms with Crippen LogP contribution in [0.25, 0.3) is 0 Å². The number of amides is 2. The van der Waals surface area contributed by atoms with Crippen LogP contribution in [0.5, 0.6) is 0 Å². The van der Waals surface area contributed by atoms with Gasteiger partial charge < -0.3 is 14.4 Å². The highest BCUT2D eigenvalue weighted by molar-refractivity contribution is 7.10. The van der Waals surface area contributed by atoms with E-state index in [-0.39, 0.29) is 30.7 Å². The summed E-state index contributed by atoms with van der Waals surface area (Å²) in [5.41, 5.74) is -0.967. The Labute approximate surface area is 165 Å². The Kier molecular flexibility index (Phi) is 5.17.